The van der Waals surface area contributed by atoms with Crippen LogP contribution in [0.5, 0.6) is 5.75 Å². The smallest absolute Gasteiger partial charge is 0.322 e. The van der Waals surface area contributed by atoms with Gasteiger partial charge in [-0.2, -0.15) is 0 Å². The Morgan fingerprint density at radius 3 is 2.45 bits per heavy atom. The second kappa shape index (κ2) is 9.03. The second-order valence-corrected chi connectivity index (χ2v) is 10.1. The van der Waals surface area contributed by atoms with Crippen LogP contribution >= 0.6 is 0 Å². The number of rotatable bonds is 7. The molecule has 1 N–H and O–H groups in total. The van der Waals surface area contributed by atoms with Crippen molar-refractivity contribution in [3.8, 4) is 17.2 Å². The summed E-state index contributed by atoms with van der Waals surface area (Å²) in [5.41, 5.74) is 0.906. The summed E-state index contributed by atoms with van der Waals surface area (Å²) in [6, 6.07) is 17.2. The number of hydrogen-bond acceptors (Lipinski definition) is 7. The Hall–Kier alpha value is -3.72. The molecule has 9 heteroatoms. The Bertz CT molecular complexity index is 1410. The van der Waals surface area contributed by atoms with Gasteiger partial charge in [-0.1, -0.05) is 35.4 Å². The van der Waals surface area contributed by atoms with Crippen LogP contribution in [0.1, 0.15) is 31.1 Å². The molecule has 1 amide bonds. The Labute approximate surface area is 191 Å². The molecule has 0 atom stereocenters. The fourth-order valence-corrected chi connectivity index (χ4v) is 4.43. The molecule has 1 heterocycles. The average molecular weight is 466 g/mol. The second-order valence-electron chi connectivity index (χ2n) is 7.58. The Morgan fingerprint density at radius 1 is 1.03 bits per heavy atom. The molecular weight excluding hydrogens is 442 g/mol. The number of ether oxygens (including phenoxy) is 1. The predicted octanol–water partition coefficient (Wildman–Crippen LogP) is 4.72. The van der Waals surface area contributed by atoms with Gasteiger partial charge in [0.25, 0.3) is 5.91 Å². The van der Waals surface area contributed by atoms with E-state index >= 15 is 0 Å². The van der Waals surface area contributed by atoms with Gasteiger partial charge in [0.15, 0.2) is 9.84 Å². The maximum absolute atomic E-state index is 13.1. The van der Waals surface area contributed by atoms with E-state index in [1.54, 1.807) is 32.0 Å². The van der Waals surface area contributed by atoms with Crippen LogP contribution in [0.3, 0.4) is 0 Å². The number of benzene rings is 3. The molecule has 3 aromatic carbocycles. The summed E-state index contributed by atoms with van der Waals surface area (Å²) < 4.78 is 35.9. The molecule has 8 nitrogen and oxygen atoms in total. The van der Waals surface area contributed by atoms with Crippen LogP contribution in [0.15, 0.2) is 70.0 Å². The van der Waals surface area contributed by atoms with Gasteiger partial charge in [0.05, 0.1) is 22.3 Å². The van der Waals surface area contributed by atoms with Crippen LogP contribution in [0.25, 0.3) is 22.2 Å². The average Bonchev–Trinajstić information content (AvgIpc) is 3.27. The third-order valence-corrected chi connectivity index (χ3v) is 7.28. The fourth-order valence-electron chi connectivity index (χ4n) is 3.37. The summed E-state index contributed by atoms with van der Waals surface area (Å²) in [5.74, 6) is 0.168. The van der Waals surface area contributed by atoms with Crippen molar-refractivity contribution in [3.63, 3.8) is 0 Å². The van der Waals surface area contributed by atoms with E-state index in [0.29, 0.717) is 23.5 Å². The van der Waals surface area contributed by atoms with E-state index in [1.165, 1.54) is 12.1 Å². The van der Waals surface area contributed by atoms with E-state index in [-0.39, 0.29) is 16.8 Å². The largest absolute Gasteiger partial charge is 0.493 e. The van der Waals surface area contributed by atoms with Crippen molar-refractivity contribution in [1.82, 2.24) is 10.2 Å². The fraction of sp³-hybridized carbons (Fsp3) is 0.208. The molecule has 0 unspecified atom stereocenters. The van der Waals surface area contributed by atoms with Crippen molar-refractivity contribution in [2.75, 3.05) is 11.9 Å². The Kier molecular flexibility index (Phi) is 6.15. The molecule has 33 heavy (non-hydrogen) atoms. The highest BCUT2D eigenvalue weighted by Crippen LogP contribution is 2.30. The van der Waals surface area contributed by atoms with Gasteiger partial charge in [-0.05, 0) is 61.9 Å². The molecule has 4 aromatic rings. The Morgan fingerprint density at radius 2 is 1.76 bits per heavy atom. The van der Waals surface area contributed by atoms with Crippen molar-refractivity contribution in [2.45, 2.75) is 30.9 Å². The molecule has 0 aliphatic rings. The number of carbonyl (C=O) groups is 1. The number of nitrogens with one attached hydrogen (secondary N) is 1. The molecule has 0 aliphatic heterocycles. The zero-order valence-corrected chi connectivity index (χ0v) is 19.2. The molecule has 170 valence electrons. The zero-order valence-electron chi connectivity index (χ0n) is 18.4. The molecule has 0 aliphatic carbocycles. The standard InChI is InChI=1S/C24H23N3O5S/c1-4-31-20-14-11-16-7-5-6-8-19(16)21(20)22(28)25-24-27-26-23(32-24)17-9-12-18(13-10-17)33(29,30)15(2)3/h5-15H,4H2,1-3H3,(H,25,27,28). The molecule has 0 bridgehead atoms. The van der Waals surface area contributed by atoms with E-state index < -0.39 is 21.0 Å². The van der Waals surface area contributed by atoms with Crippen molar-refractivity contribution in [3.05, 3.63) is 66.2 Å². The normalized spacial score (nSPS) is 11.6. The predicted molar refractivity (Wildman–Crippen MR) is 125 cm³/mol. The number of sulfone groups is 1. The third kappa shape index (κ3) is 4.45. The lowest BCUT2D eigenvalue weighted by Gasteiger charge is -2.12. The van der Waals surface area contributed by atoms with Crippen LogP contribution in [0.2, 0.25) is 0 Å². The SMILES string of the molecule is CCOc1ccc2ccccc2c1C(=O)Nc1nnc(-c2ccc(S(=O)(=O)C(C)C)cc2)o1. The molecule has 1 aromatic heterocycles. The first kappa shape index (κ1) is 22.5. The molecule has 4 rings (SSSR count). The van der Waals surface area contributed by atoms with Gasteiger partial charge >= 0.3 is 6.01 Å². The van der Waals surface area contributed by atoms with Gasteiger partial charge in [0.1, 0.15) is 5.75 Å². The summed E-state index contributed by atoms with van der Waals surface area (Å²) in [6.45, 7) is 5.51. The lowest BCUT2D eigenvalue weighted by molar-refractivity contribution is 0.102. The lowest BCUT2D eigenvalue weighted by Crippen LogP contribution is -2.14. The molecule has 0 radical (unpaired) electrons. The zero-order chi connectivity index (χ0) is 23.6. The van der Waals surface area contributed by atoms with Gasteiger partial charge in [0, 0.05) is 5.56 Å². The maximum atomic E-state index is 13.1. The van der Waals surface area contributed by atoms with E-state index in [1.807, 2.05) is 37.3 Å². The van der Waals surface area contributed by atoms with Crippen molar-refractivity contribution in [2.24, 2.45) is 0 Å². The first-order valence-electron chi connectivity index (χ1n) is 10.4. The van der Waals surface area contributed by atoms with Gasteiger partial charge < -0.3 is 9.15 Å². The summed E-state index contributed by atoms with van der Waals surface area (Å²) in [4.78, 5) is 13.3. The van der Waals surface area contributed by atoms with Crippen LogP contribution in [-0.4, -0.2) is 36.4 Å². The quantitative estimate of drug-likeness (QED) is 0.420. The van der Waals surface area contributed by atoms with E-state index in [4.69, 9.17) is 9.15 Å². The van der Waals surface area contributed by atoms with Gasteiger partial charge in [-0.3, -0.25) is 10.1 Å². The minimum absolute atomic E-state index is 0.0794. The molecule has 0 fully saturated rings. The maximum Gasteiger partial charge on any atom is 0.322 e. The number of anilines is 1. The highest BCUT2D eigenvalue weighted by Gasteiger charge is 2.21. The van der Waals surface area contributed by atoms with Crippen LogP contribution < -0.4 is 10.1 Å². The topological polar surface area (TPSA) is 111 Å². The van der Waals surface area contributed by atoms with Crippen molar-refractivity contribution < 1.29 is 22.4 Å². The van der Waals surface area contributed by atoms with E-state index in [0.717, 1.165) is 10.8 Å². The number of hydrogen-bond donors (Lipinski definition) is 1. The van der Waals surface area contributed by atoms with Crippen molar-refractivity contribution >= 4 is 32.5 Å². The highest BCUT2D eigenvalue weighted by atomic mass is 32.2. The summed E-state index contributed by atoms with van der Waals surface area (Å²) in [7, 11) is -3.38. The number of nitrogens with zero attached hydrogens (tertiary/aromatic N) is 2. The summed E-state index contributed by atoms with van der Waals surface area (Å²) >= 11 is 0. The van der Waals surface area contributed by atoms with Gasteiger partial charge in [0.2, 0.25) is 5.89 Å². The lowest BCUT2D eigenvalue weighted by atomic mass is 10.0. The minimum atomic E-state index is -3.38. The molecule has 0 spiro atoms. The van der Waals surface area contributed by atoms with Crippen LogP contribution in [0, 0.1) is 0 Å². The first-order valence-corrected chi connectivity index (χ1v) is 12.0. The summed E-state index contributed by atoms with van der Waals surface area (Å²) in [5, 5.41) is 11.6. The monoisotopic (exact) mass is 465 g/mol. The van der Waals surface area contributed by atoms with Crippen molar-refractivity contribution in [1.29, 1.82) is 0 Å². The highest BCUT2D eigenvalue weighted by molar-refractivity contribution is 7.92. The Balaban J connectivity index is 1.60. The summed E-state index contributed by atoms with van der Waals surface area (Å²) in [6.07, 6.45) is 0. The first-order chi connectivity index (χ1) is 15.8. The van der Waals surface area contributed by atoms with E-state index in [2.05, 4.69) is 15.5 Å². The number of amides is 1. The third-order valence-electron chi connectivity index (χ3n) is 5.11. The van der Waals surface area contributed by atoms with Gasteiger partial charge in [-0.25, -0.2) is 8.42 Å². The van der Waals surface area contributed by atoms with Gasteiger partial charge in [-0.15, -0.1) is 5.10 Å². The minimum Gasteiger partial charge on any atom is -0.493 e. The number of aromatic nitrogens is 2. The molecular formula is C24H23N3O5S. The molecule has 0 saturated heterocycles. The van der Waals surface area contributed by atoms with Crippen LogP contribution in [-0.2, 0) is 9.84 Å². The number of fused-ring (bicyclic) bond motifs is 1. The number of carbonyl (C=O) groups excluding carboxylic acids is 1. The van der Waals surface area contributed by atoms with Crippen LogP contribution in [0.4, 0.5) is 6.01 Å². The molecule has 0 saturated carbocycles. The van der Waals surface area contributed by atoms with E-state index in [9.17, 15) is 13.2 Å².